The van der Waals surface area contributed by atoms with E-state index in [9.17, 15) is 0 Å². The summed E-state index contributed by atoms with van der Waals surface area (Å²) in [7, 11) is 0. The Bertz CT molecular complexity index is 168. The van der Waals surface area contributed by atoms with Gasteiger partial charge >= 0.3 is 0 Å². The van der Waals surface area contributed by atoms with Crippen LogP contribution in [-0.4, -0.2) is 11.6 Å². The Hall–Kier alpha value is -0.580. The van der Waals surface area contributed by atoms with Gasteiger partial charge in [-0.3, -0.25) is 0 Å². The minimum Gasteiger partial charge on any atom is -0.367 e. The van der Waals surface area contributed by atoms with Gasteiger partial charge in [0.25, 0.3) is 0 Å². The topological polar surface area (TPSA) is 56.8 Å². The molecule has 3 nitrogen and oxygen atoms in total. The van der Waals surface area contributed by atoms with E-state index >= 15 is 0 Å². The van der Waals surface area contributed by atoms with Gasteiger partial charge in [0.05, 0.1) is 12.1 Å². The molecule has 0 radical (unpaired) electrons. The molecule has 1 unspecified atom stereocenters. The summed E-state index contributed by atoms with van der Waals surface area (Å²) >= 11 is 3.20. The lowest BCUT2D eigenvalue weighted by Crippen LogP contribution is -2.09. The maximum atomic E-state index is 8.39. The normalized spacial score (nSPS) is 12.1. The number of ether oxygens (including phenoxy) is 1. The first-order valence-electron chi connectivity index (χ1n) is 3.29. The molecular weight excluding hydrogens is 208 g/mol. The fourth-order valence-corrected chi connectivity index (χ4v) is 1.21. The van der Waals surface area contributed by atoms with E-state index in [0.29, 0.717) is 13.0 Å². The molecule has 11 heavy (non-hydrogen) atoms. The molecule has 0 aromatic carbocycles. The molecule has 0 bridgehead atoms. The van der Waals surface area contributed by atoms with E-state index < -0.39 is 5.92 Å². The maximum Gasteiger partial charge on any atom is 0.136 e. The summed E-state index contributed by atoms with van der Waals surface area (Å²) < 4.78 is 5.09. The zero-order chi connectivity index (χ0) is 8.69. The molecule has 0 heterocycles. The summed E-state index contributed by atoms with van der Waals surface area (Å²) in [5, 5.41) is 16.6. The molecule has 0 saturated heterocycles. The molecular formula is C7H9BrN2O. The Labute approximate surface area is 74.7 Å². The van der Waals surface area contributed by atoms with E-state index in [4.69, 9.17) is 15.3 Å². The number of halogens is 1. The molecule has 0 spiro atoms. The maximum absolute atomic E-state index is 8.39. The van der Waals surface area contributed by atoms with Crippen molar-refractivity contribution < 1.29 is 4.74 Å². The molecule has 4 heteroatoms. The Morgan fingerprint density at radius 1 is 1.45 bits per heavy atom. The number of hydrogen-bond acceptors (Lipinski definition) is 3. The van der Waals surface area contributed by atoms with Gasteiger partial charge in [-0.25, -0.2) is 0 Å². The number of nitrogens with zero attached hydrogens (tertiary/aromatic N) is 2. The highest BCUT2D eigenvalue weighted by Crippen LogP contribution is 2.13. The molecule has 0 aromatic rings. The first kappa shape index (κ1) is 10.4. The quantitative estimate of drug-likeness (QED) is 0.674. The van der Waals surface area contributed by atoms with Crippen molar-refractivity contribution in [2.24, 2.45) is 5.92 Å². The molecule has 0 aromatic heterocycles. The van der Waals surface area contributed by atoms with Crippen LogP contribution in [-0.2, 0) is 4.74 Å². The summed E-state index contributed by atoms with van der Waals surface area (Å²) in [5.41, 5.74) is 0. The van der Waals surface area contributed by atoms with Crippen molar-refractivity contribution in [3.05, 3.63) is 0 Å². The van der Waals surface area contributed by atoms with E-state index in [-0.39, 0.29) is 5.01 Å². The van der Waals surface area contributed by atoms with Crippen LogP contribution in [0.4, 0.5) is 0 Å². The minimum absolute atomic E-state index is 0.184. The van der Waals surface area contributed by atoms with Crippen LogP contribution >= 0.6 is 15.9 Å². The zero-order valence-electron chi connectivity index (χ0n) is 6.25. The molecule has 0 aliphatic carbocycles. The van der Waals surface area contributed by atoms with Crippen LogP contribution in [0.15, 0.2) is 0 Å². The minimum atomic E-state index is -0.578. The molecule has 0 saturated carbocycles. The van der Waals surface area contributed by atoms with Gasteiger partial charge in [0.1, 0.15) is 10.9 Å². The summed E-state index contributed by atoms with van der Waals surface area (Å²) in [6, 6.07) is 3.74. The van der Waals surface area contributed by atoms with Gasteiger partial charge in [0.15, 0.2) is 0 Å². The zero-order valence-corrected chi connectivity index (χ0v) is 7.84. The van der Waals surface area contributed by atoms with Crippen molar-refractivity contribution in [3.8, 4) is 12.1 Å². The largest absolute Gasteiger partial charge is 0.367 e. The molecule has 0 aliphatic heterocycles. The highest BCUT2D eigenvalue weighted by atomic mass is 79.9. The van der Waals surface area contributed by atoms with E-state index in [1.165, 1.54) is 0 Å². The number of nitriles is 2. The van der Waals surface area contributed by atoms with Gasteiger partial charge in [0, 0.05) is 13.0 Å². The summed E-state index contributed by atoms with van der Waals surface area (Å²) in [4.78, 5) is 0. The average Bonchev–Trinajstić information content (AvgIpc) is 2.01. The van der Waals surface area contributed by atoms with Gasteiger partial charge in [0.2, 0.25) is 0 Å². The first-order valence-corrected chi connectivity index (χ1v) is 4.21. The third-order valence-electron chi connectivity index (χ3n) is 1.08. The lowest BCUT2D eigenvalue weighted by atomic mass is 10.1. The second-order valence-corrected chi connectivity index (χ2v) is 2.93. The molecule has 60 valence electrons. The Balaban J connectivity index is 3.67. The summed E-state index contributed by atoms with van der Waals surface area (Å²) in [6.07, 6.45) is 0.418. The average molecular weight is 217 g/mol. The fourth-order valence-electron chi connectivity index (χ4n) is 0.568. The molecule has 0 rings (SSSR count). The van der Waals surface area contributed by atoms with Crippen molar-refractivity contribution in [2.75, 3.05) is 6.61 Å². The van der Waals surface area contributed by atoms with Crippen LogP contribution in [0.25, 0.3) is 0 Å². The Morgan fingerprint density at radius 2 is 2.00 bits per heavy atom. The van der Waals surface area contributed by atoms with Gasteiger partial charge in [-0.15, -0.1) is 0 Å². The molecule has 0 amide bonds. The van der Waals surface area contributed by atoms with Crippen LogP contribution in [0.2, 0.25) is 0 Å². The van der Waals surface area contributed by atoms with Gasteiger partial charge in [-0.2, -0.15) is 10.5 Å². The molecule has 0 fully saturated rings. The van der Waals surface area contributed by atoms with E-state index in [0.717, 1.165) is 0 Å². The highest BCUT2D eigenvalue weighted by molar-refractivity contribution is 9.09. The van der Waals surface area contributed by atoms with Crippen LogP contribution in [0.5, 0.6) is 0 Å². The lowest BCUT2D eigenvalue weighted by Gasteiger charge is -2.08. The van der Waals surface area contributed by atoms with Gasteiger partial charge in [-0.05, 0) is 6.92 Å². The second-order valence-electron chi connectivity index (χ2n) is 1.91. The number of rotatable bonds is 4. The standard InChI is InChI=1S/C7H9BrN2O/c1-2-11-7(8)3-6(4-9)5-10/h6-7H,2-3H2,1H3. The van der Waals surface area contributed by atoms with Crippen molar-refractivity contribution in [2.45, 2.75) is 18.4 Å². The number of alkyl halides is 1. The first-order chi connectivity index (χ1) is 5.24. The van der Waals surface area contributed by atoms with Crippen LogP contribution in [0.1, 0.15) is 13.3 Å². The SMILES string of the molecule is CCOC(Br)CC(C#N)C#N. The van der Waals surface area contributed by atoms with E-state index in [1.54, 1.807) is 0 Å². The van der Waals surface area contributed by atoms with Crippen molar-refractivity contribution in [1.82, 2.24) is 0 Å². The van der Waals surface area contributed by atoms with Crippen molar-refractivity contribution in [1.29, 1.82) is 10.5 Å². The summed E-state index contributed by atoms with van der Waals surface area (Å²) in [6.45, 7) is 2.45. The Morgan fingerprint density at radius 3 is 2.36 bits per heavy atom. The molecule has 1 atom stereocenters. The fraction of sp³-hybridized carbons (Fsp3) is 0.714. The van der Waals surface area contributed by atoms with Crippen LogP contribution < -0.4 is 0 Å². The van der Waals surface area contributed by atoms with Crippen molar-refractivity contribution >= 4 is 15.9 Å². The number of hydrogen-bond donors (Lipinski definition) is 0. The molecule has 0 aliphatic rings. The monoisotopic (exact) mass is 216 g/mol. The smallest absolute Gasteiger partial charge is 0.136 e. The Kier molecular flexibility index (Phi) is 5.83. The second kappa shape index (κ2) is 6.15. The van der Waals surface area contributed by atoms with E-state index in [1.807, 2.05) is 19.1 Å². The third kappa shape index (κ3) is 4.78. The predicted octanol–water partition coefficient (Wildman–Crippen LogP) is 1.80. The molecule has 0 N–H and O–H groups in total. The lowest BCUT2D eigenvalue weighted by molar-refractivity contribution is 0.120. The van der Waals surface area contributed by atoms with Gasteiger partial charge in [-0.1, -0.05) is 15.9 Å². The predicted molar refractivity (Wildman–Crippen MR) is 43.7 cm³/mol. The third-order valence-corrected chi connectivity index (χ3v) is 1.72. The highest BCUT2D eigenvalue weighted by Gasteiger charge is 2.12. The van der Waals surface area contributed by atoms with Crippen LogP contribution in [0.3, 0.4) is 0 Å². The van der Waals surface area contributed by atoms with Crippen LogP contribution in [0, 0.1) is 28.6 Å². The summed E-state index contributed by atoms with van der Waals surface area (Å²) in [5.74, 6) is -0.578. The van der Waals surface area contributed by atoms with E-state index in [2.05, 4.69) is 15.9 Å². The van der Waals surface area contributed by atoms with Gasteiger partial charge < -0.3 is 4.74 Å². The van der Waals surface area contributed by atoms with Crippen molar-refractivity contribution in [3.63, 3.8) is 0 Å².